The number of nitrogens with one attached hydrogen (secondary N) is 1. The lowest BCUT2D eigenvalue weighted by atomic mass is 10.1. The molecule has 0 saturated carbocycles. The molecule has 0 aliphatic rings. The lowest BCUT2D eigenvalue weighted by Gasteiger charge is -2.17. The molecular weight excluding hydrogens is 561 g/mol. The molecule has 208 valence electrons. The van der Waals surface area contributed by atoms with Crippen molar-refractivity contribution in [3.63, 3.8) is 0 Å². The molecule has 1 heterocycles. The second-order valence-corrected chi connectivity index (χ2v) is 9.17. The predicted octanol–water partition coefficient (Wildman–Crippen LogP) is 6.47. The first-order chi connectivity index (χ1) is 18.2. The summed E-state index contributed by atoms with van der Waals surface area (Å²) >= 11 is 0.560. The van der Waals surface area contributed by atoms with Gasteiger partial charge in [0, 0.05) is 17.7 Å². The third-order valence-corrected chi connectivity index (χ3v) is 5.80. The van der Waals surface area contributed by atoms with Crippen LogP contribution in [0.15, 0.2) is 59.8 Å². The van der Waals surface area contributed by atoms with Gasteiger partial charge in [-0.15, -0.1) is 0 Å². The average Bonchev–Trinajstić information content (AvgIpc) is 2.87. The molecule has 16 heteroatoms. The number of carbonyl (C=O) groups is 1. The van der Waals surface area contributed by atoms with Crippen molar-refractivity contribution < 1.29 is 45.2 Å². The van der Waals surface area contributed by atoms with E-state index in [1.165, 1.54) is 19.1 Å². The number of nitro benzene ring substituents is 1. The minimum atomic E-state index is -4.81. The number of nitro groups is 1. The van der Waals surface area contributed by atoms with Crippen LogP contribution in [0.3, 0.4) is 0 Å². The van der Waals surface area contributed by atoms with Gasteiger partial charge in [-0.25, -0.2) is 18.7 Å². The monoisotopic (exact) mass is 578 g/mol. The fourth-order valence-electron chi connectivity index (χ4n) is 2.92. The number of anilines is 1. The second-order valence-electron chi connectivity index (χ2n) is 7.86. The lowest BCUT2D eigenvalue weighted by Crippen LogP contribution is -2.33. The van der Waals surface area contributed by atoms with E-state index in [1.807, 2.05) is 0 Å². The fraction of sp³-hybridized carbons (Fsp3) is 0.261. The second kappa shape index (κ2) is 11.8. The van der Waals surface area contributed by atoms with E-state index in [4.69, 9.17) is 0 Å². The van der Waals surface area contributed by atoms with Gasteiger partial charge >= 0.3 is 18.5 Å². The van der Waals surface area contributed by atoms with Gasteiger partial charge < -0.3 is 10.1 Å². The first-order valence-electron chi connectivity index (χ1n) is 10.7. The molecule has 1 aromatic heterocycles. The van der Waals surface area contributed by atoms with Gasteiger partial charge in [-0.1, -0.05) is 42.1 Å². The smallest absolute Gasteiger partial charge is 0.433 e. The molecule has 1 N–H and O–H groups in total. The molecule has 39 heavy (non-hydrogen) atoms. The number of nitrogens with zero attached hydrogens (tertiary/aromatic N) is 3. The highest BCUT2D eigenvalue weighted by molar-refractivity contribution is 8.00. The zero-order chi connectivity index (χ0) is 29.0. The number of hydrogen-bond donors (Lipinski definition) is 1. The van der Waals surface area contributed by atoms with Crippen molar-refractivity contribution in [3.05, 3.63) is 70.4 Å². The van der Waals surface area contributed by atoms with Crippen LogP contribution in [0.2, 0.25) is 0 Å². The number of halogens is 7. The zero-order valence-corrected chi connectivity index (χ0v) is 20.4. The minimum absolute atomic E-state index is 0.0471. The summed E-state index contributed by atoms with van der Waals surface area (Å²) in [5, 5.41) is 11.9. The van der Waals surface area contributed by atoms with Gasteiger partial charge in [-0.2, -0.15) is 22.0 Å². The summed E-state index contributed by atoms with van der Waals surface area (Å²) in [5.74, 6) is -6.01. The number of alkyl halides is 7. The van der Waals surface area contributed by atoms with Crippen molar-refractivity contribution in [2.24, 2.45) is 0 Å². The van der Waals surface area contributed by atoms with Gasteiger partial charge in [0.05, 0.1) is 27.6 Å². The number of rotatable bonds is 10. The summed E-state index contributed by atoms with van der Waals surface area (Å²) in [6.07, 6.45) is -8.86. The van der Waals surface area contributed by atoms with E-state index in [0.717, 1.165) is 18.2 Å². The molecule has 2 aromatic carbocycles. The van der Waals surface area contributed by atoms with E-state index in [0.29, 0.717) is 23.4 Å². The Morgan fingerprint density at radius 1 is 1.08 bits per heavy atom. The number of amides is 1. The predicted molar refractivity (Wildman–Crippen MR) is 126 cm³/mol. The van der Waals surface area contributed by atoms with E-state index in [9.17, 15) is 45.6 Å². The van der Waals surface area contributed by atoms with Crippen LogP contribution in [0.1, 0.15) is 12.6 Å². The molecule has 0 bridgehead atoms. The van der Waals surface area contributed by atoms with Crippen molar-refractivity contribution in [2.45, 2.75) is 35.9 Å². The van der Waals surface area contributed by atoms with Crippen LogP contribution in [0.25, 0.3) is 11.3 Å². The Bertz CT molecular complexity index is 1340. The number of benzene rings is 2. The third-order valence-electron chi connectivity index (χ3n) is 4.84. The highest BCUT2D eigenvalue weighted by atomic mass is 32.2. The van der Waals surface area contributed by atoms with E-state index in [1.54, 1.807) is 18.2 Å². The number of ether oxygens (including phenoxy) is 1. The van der Waals surface area contributed by atoms with Gasteiger partial charge in [0.25, 0.3) is 5.69 Å². The molecule has 1 amide bonds. The van der Waals surface area contributed by atoms with Gasteiger partial charge in [-0.3, -0.25) is 14.9 Å². The number of carbonyl (C=O) groups excluding carboxylic acids is 1. The molecule has 0 aliphatic carbocycles. The molecule has 0 spiro atoms. The Kier molecular flexibility index (Phi) is 8.99. The maximum atomic E-state index is 13.4. The Labute approximate surface area is 219 Å². The van der Waals surface area contributed by atoms with Gasteiger partial charge in [-0.05, 0) is 13.0 Å². The van der Waals surface area contributed by atoms with Crippen LogP contribution in [0, 0.1) is 10.1 Å². The molecule has 0 radical (unpaired) electrons. The van der Waals surface area contributed by atoms with Crippen LogP contribution in [0.4, 0.5) is 42.1 Å². The highest BCUT2D eigenvalue weighted by Gasteiger charge is 2.42. The Balaban J connectivity index is 1.82. The maximum Gasteiger partial charge on any atom is 0.433 e. The molecule has 0 unspecified atom stereocenters. The van der Waals surface area contributed by atoms with Crippen LogP contribution in [-0.2, 0) is 11.0 Å². The van der Waals surface area contributed by atoms with E-state index < -0.39 is 58.3 Å². The maximum absolute atomic E-state index is 13.4. The van der Waals surface area contributed by atoms with Crippen LogP contribution in [-0.4, -0.2) is 45.0 Å². The molecule has 8 nitrogen and oxygen atoms in total. The third kappa shape index (κ3) is 8.02. The number of thioether (sulfide) groups is 1. The summed E-state index contributed by atoms with van der Waals surface area (Å²) in [4.78, 5) is 30.5. The van der Waals surface area contributed by atoms with Gasteiger partial charge in [0.15, 0.2) is 11.8 Å². The lowest BCUT2D eigenvalue weighted by molar-refractivity contribution is -0.384. The summed E-state index contributed by atoms with van der Waals surface area (Å²) in [7, 11) is 0. The van der Waals surface area contributed by atoms with Crippen molar-refractivity contribution >= 4 is 29.0 Å². The summed E-state index contributed by atoms with van der Waals surface area (Å²) < 4.78 is 96.0. The topological polar surface area (TPSA) is 107 Å². The van der Waals surface area contributed by atoms with Crippen LogP contribution < -0.4 is 10.1 Å². The molecular formula is C23H17F7N4O4S. The quantitative estimate of drug-likeness (QED) is 0.0966. The number of aromatic nitrogens is 2. The van der Waals surface area contributed by atoms with E-state index >= 15 is 0 Å². The standard InChI is InChI=1S/C23H17F7N4O4S/c1-12(39-21-32-17(13-5-3-2-4-6-13)10-18(33-21)23(28,29)30)19(35)31-14-7-15(34(36)37)9-16(8-14)38-11-22(26,27)20(24)25/h2-10,12,20H,11H2,1H3,(H,31,35)/t12-/m1/s1. The van der Waals surface area contributed by atoms with Crippen LogP contribution in [0.5, 0.6) is 5.75 Å². The molecule has 3 rings (SSSR count). The fourth-order valence-corrected chi connectivity index (χ4v) is 3.71. The van der Waals surface area contributed by atoms with E-state index in [2.05, 4.69) is 20.0 Å². The average molecular weight is 578 g/mol. The van der Waals surface area contributed by atoms with Crippen molar-refractivity contribution in [1.29, 1.82) is 0 Å². The number of hydrogen-bond acceptors (Lipinski definition) is 7. The van der Waals surface area contributed by atoms with Crippen molar-refractivity contribution in [2.75, 3.05) is 11.9 Å². The first-order valence-corrected chi connectivity index (χ1v) is 11.6. The molecule has 3 aromatic rings. The highest BCUT2D eigenvalue weighted by Crippen LogP contribution is 2.34. The number of non-ortho nitro benzene ring substituents is 1. The Morgan fingerprint density at radius 3 is 2.33 bits per heavy atom. The van der Waals surface area contributed by atoms with E-state index in [-0.39, 0.29) is 16.5 Å². The first kappa shape index (κ1) is 29.6. The summed E-state index contributed by atoms with van der Waals surface area (Å²) in [6.45, 7) is -0.494. The normalized spacial score (nSPS) is 12.7. The SMILES string of the molecule is C[C@@H](Sc1nc(-c2ccccc2)cc(C(F)(F)F)n1)C(=O)Nc1cc(OCC(F)(F)C(F)F)cc([N+](=O)[O-])c1. The molecule has 1 atom stereocenters. The van der Waals surface area contributed by atoms with Gasteiger partial charge in [0.2, 0.25) is 5.91 Å². The zero-order valence-electron chi connectivity index (χ0n) is 19.6. The van der Waals surface area contributed by atoms with Crippen LogP contribution >= 0.6 is 11.8 Å². The molecule has 0 fully saturated rings. The Morgan fingerprint density at radius 2 is 1.74 bits per heavy atom. The molecule has 0 saturated heterocycles. The van der Waals surface area contributed by atoms with Crippen molar-refractivity contribution in [3.8, 4) is 17.0 Å². The van der Waals surface area contributed by atoms with Crippen molar-refractivity contribution in [1.82, 2.24) is 9.97 Å². The summed E-state index contributed by atoms with van der Waals surface area (Å²) in [5.41, 5.74) is -1.95. The molecule has 0 aliphatic heterocycles. The Hall–Kier alpha value is -3.95. The minimum Gasteiger partial charge on any atom is -0.487 e. The largest absolute Gasteiger partial charge is 0.487 e. The van der Waals surface area contributed by atoms with Gasteiger partial charge in [0.1, 0.15) is 11.4 Å². The summed E-state index contributed by atoms with van der Waals surface area (Å²) in [6, 6.07) is 11.1.